The minimum Gasteiger partial charge on any atom is -0.311 e. The zero-order chi connectivity index (χ0) is 12.8. The first kappa shape index (κ1) is 13.9. The molecule has 1 aromatic carbocycles. The molecule has 2 nitrogen and oxygen atoms in total. The van der Waals surface area contributed by atoms with Gasteiger partial charge in [-0.1, -0.05) is 37.3 Å². The standard InChI is InChI=1S/C15H24N2S/c1-3-14-12-17(9-10-18-2)15(11-16-14)13-7-5-4-6-8-13/h4-8,14-16H,3,9-12H2,1-2H3. The van der Waals surface area contributed by atoms with E-state index in [1.807, 2.05) is 11.8 Å². The number of nitrogens with zero attached hydrogens (tertiary/aromatic N) is 1. The first-order chi connectivity index (χ1) is 8.85. The Hall–Kier alpha value is -0.510. The maximum absolute atomic E-state index is 3.68. The van der Waals surface area contributed by atoms with Gasteiger partial charge in [-0.15, -0.1) is 0 Å². The molecule has 0 aromatic heterocycles. The summed E-state index contributed by atoms with van der Waals surface area (Å²) in [5.74, 6) is 1.22. The average Bonchev–Trinajstić information content (AvgIpc) is 2.45. The third-order valence-electron chi connectivity index (χ3n) is 3.76. The van der Waals surface area contributed by atoms with Crippen LogP contribution in [0.2, 0.25) is 0 Å². The van der Waals surface area contributed by atoms with Gasteiger partial charge >= 0.3 is 0 Å². The molecule has 1 aromatic rings. The molecule has 2 atom stereocenters. The lowest BCUT2D eigenvalue weighted by molar-refractivity contribution is 0.137. The van der Waals surface area contributed by atoms with Gasteiger partial charge in [-0.3, -0.25) is 4.90 Å². The van der Waals surface area contributed by atoms with Crippen molar-refractivity contribution in [2.24, 2.45) is 0 Å². The van der Waals surface area contributed by atoms with Gasteiger partial charge < -0.3 is 5.32 Å². The Morgan fingerprint density at radius 1 is 1.33 bits per heavy atom. The summed E-state index contributed by atoms with van der Waals surface area (Å²) in [4.78, 5) is 2.65. The number of nitrogens with one attached hydrogen (secondary N) is 1. The average molecular weight is 264 g/mol. The zero-order valence-corrected chi connectivity index (χ0v) is 12.2. The van der Waals surface area contributed by atoms with Crippen LogP contribution in [0, 0.1) is 0 Å². The minimum absolute atomic E-state index is 0.543. The lowest BCUT2D eigenvalue weighted by Gasteiger charge is -2.40. The van der Waals surface area contributed by atoms with E-state index >= 15 is 0 Å². The van der Waals surface area contributed by atoms with E-state index in [0.717, 1.165) is 6.54 Å². The number of rotatable bonds is 5. The Morgan fingerprint density at radius 2 is 2.11 bits per heavy atom. The maximum Gasteiger partial charge on any atom is 0.0473 e. The van der Waals surface area contributed by atoms with E-state index in [2.05, 4.69) is 53.7 Å². The molecule has 1 N–H and O–H groups in total. The third-order valence-corrected chi connectivity index (χ3v) is 4.35. The third kappa shape index (κ3) is 3.50. The van der Waals surface area contributed by atoms with Gasteiger partial charge in [0.05, 0.1) is 0 Å². The molecule has 0 radical (unpaired) electrons. The summed E-state index contributed by atoms with van der Waals surface area (Å²) in [7, 11) is 0. The van der Waals surface area contributed by atoms with Crippen LogP contribution in [0.1, 0.15) is 24.9 Å². The molecule has 18 heavy (non-hydrogen) atoms. The normalized spacial score (nSPS) is 25.2. The van der Waals surface area contributed by atoms with Gasteiger partial charge in [-0.2, -0.15) is 11.8 Å². The number of piperazine rings is 1. The van der Waals surface area contributed by atoms with Gasteiger partial charge in [-0.25, -0.2) is 0 Å². The van der Waals surface area contributed by atoms with Crippen molar-refractivity contribution in [2.45, 2.75) is 25.4 Å². The maximum atomic E-state index is 3.68. The van der Waals surface area contributed by atoms with E-state index in [1.54, 1.807) is 0 Å². The Balaban J connectivity index is 2.07. The van der Waals surface area contributed by atoms with E-state index in [0.29, 0.717) is 12.1 Å². The van der Waals surface area contributed by atoms with Crippen molar-refractivity contribution in [1.82, 2.24) is 10.2 Å². The highest BCUT2D eigenvalue weighted by atomic mass is 32.2. The highest BCUT2D eigenvalue weighted by molar-refractivity contribution is 7.98. The smallest absolute Gasteiger partial charge is 0.0473 e. The first-order valence-electron chi connectivity index (χ1n) is 6.86. The highest BCUT2D eigenvalue weighted by Gasteiger charge is 2.27. The van der Waals surface area contributed by atoms with E-state index in [9.17, 15) is 0 Å². The fraction of sp³-hybridized carbons (Fsp3) is 0.600. The van der Waals surface area contributed by atoms with Crippen LogP contribution in [-0.2, 0) is 0 Å². The van der Waals surface area contributed by atoms with Gasteiger partial charge in [-0.05, 0) is 18.2 Å². The molecule has 3 heteroatoms. The van der Waals surface area contributed by atoms with Gasteiger partial charge in [0.15, 0.2) is 0 Å². The van der Waals surface area contributed by atoms with Crippen molar-refractivity contribution in [3.63, 3.8) is 0 Å². The molecular formula is C15H24N2S. The first-order valence-corrected chi connectivity index (χ1v) is 8.25. The SMILES string of the molecule is CCC1CN(CCSC)C(c2ccccc2)CN1. The van der Waals surface area contributed by atoms with Crippen LogP contribution in [0.3, 0.4) is 0 Å². The minimum atomic E-state index is 0.543. The van der Waals surface area contributed by atoms with E-state index < -0.39 is 0 Å². The predicted molar refractivity (Wildman–Crippen MR) is 81.2 cm³/mol. The van der Waals surface area contributed by atoms with Crippen molar-refractivity contribution in [2.75, 3.05) is 31.6 Å². The molecule has 2 unspecified atom stereocenters. The number of thioether (sulfide) groups is 1. The van der Waals surface area contributed by atoms with Gasteiger partial charge in [0.1, 0.15) is 0 Å². The van der Waals surface area contributed by atoms with Crippen molar-refractivity contribution in [3.8, 4) is 0 Å². The van der Waals surface area contributed by atoms with Crippen LogP contribution in [0.15, 0.2) is 30.3 Å². The predicted octanol–water partition coefficient (Wildman–Crippen LogP) is 2.77. The summed E-state index contributed by atoms with van der Waals surface area (Å²) in [5.41, 5.74) is 1.45. The summed E-state index contributed by atoms with van der Waals surface area (Å²) in [5, 5.41) is 3.68. The Kier molecular flexibility index (Phi) is 5.54. The van der Waals surface area contributed by atoms with Gasteiger partial charge in [0.2, 0.25) is 0 Å². The molecule has 0 aliphatic carbocycles. The zero-order valence-electron chi connectivity index (χ0n) is 11.4. The second-order valence-electron chi connectivity index (χ2n) is 4.93. The molecule has 0 amide bonds. The van der Waals surface area contributed by atoms with Gasteiger partial charge in [0.25, 0.3) is 0 Å². The van der Waals surface area contributed by atoms with Crippen molar-refractivity contribution < 1.29 is 0 Å². The summed E-state index contributed by atoms with van der Waals surface area (Å²) in [6.45, 7) is 5.72. The molecule has 0 spiro atoms. The molecule has 100 valence electrons. The summed E-state index contributed by atoms with van der Waals surface area (Å²) < 4.78 is 0. The van der Waals surface area contributed by atoms with Crippen LogP contribution in [0.5, 0.6) is 0 Å². The molecular weight excluding hydrogens is 240 g/mol. The number of hydrogen-bond acceptors (Lipinski definition) is 3. The largest absolute Gasteiger partial charge is 0.311 e. The van der Waals surface area contributed by atoms with Crippen LogP contribution in [0.4, 0.5) is 0 Å². The monoisotopic (exact) mass is 264 g/mol. The molecule has 0 bridgehead atoms. The van der Waals surface area contributed by atoms with Crippen molar-refractivity contribution in [3.05, 3.63) is 35.9 Å². The van der Waals surface area contributed by atoms with Crippen LogP contribution < -0.4 is 5.32 Å². The molecule has 2 rings (SSSR count). The lowest BCUT2D eigenvalue weighted by Crippen LogP contribution is -2.52. The van der Waals surface area contributed by atoms with Crippen LogP contribution in [0.25, 0.3) is 0 Å². The Morgan fingerprint density at radius 3 is 2.78 bits per heavy atom. The molecule has 1 aliphatic heterocycles. The lowest BCUT2D eigenvalue weighted by atomic mass is 10.0. The summed E-state index contributed by atoms with van der Waals surface area (Å²) >= 11 is 1.94. The van der Waals surface area contributed by atoms with E-state index in [4.69, 9.17) is 0 Å². The second-order valence-corrected chi connectivity index (χ2v) is 5.91. The van der Waals surface area contributed by atoms with Crippen molar-refractivity contribution in [1.29, 1.82) is 0 Å². The summed E-state index contributed by atoms with van der Waals surface area (Å²) in [6, 6.07) is 12.1. The van der Waals surface area contributed by atoms with Crippen LogP contribution in [-0.4, -0.2) is 42.6 Å². The number of hydrogen-bond donors (Lipinski definition) is 1. The summed E-state index contributed by atoms with van der Waals surface area (Å²) in [6.07, 6.45) is 3.41. The topological polar surface area (TPSA) is 15.3 Å². The second kappa shape index (κ2) is 7.17. The Bertz CT molecular complexity index is 342. The molecule has 1 fully saturated rings. The van der Waals surface area contributed by atoms with E-state index in [1.165, 1.54) is 30.8 Å². The van der Waals surface area contributed by atoms with E-state index in [-0.39, 0.29) is 0 Å². The molecule has 0 saturated carbocycles. The Labute approximate surface area is 115 Å². The fourth-order valence-corrected chi connectivity index (χ4v) is 3.03. The van der Waals surface area contributed by atoms with Gasteiger partial charge in [0, 0.05) is 37.5 Å². The molecule has 1 saturated heterocycles. The van der Waals surface area contributed by atoms with Crippen LogP contribution >= 0.6 is 11.8 Å². The van der Waals surface area contributed by atoms with Crippen molar-refractivity contribution >= 4 is 11.8 Å². The highest BCUT2D eigenvalue weighted by Crippen LogP contribution is 2.24. The molecule has 1 aliphatic rings. The fourth-order valence-electron chi connectivity index (χ4n) is 2.62. The molecule has 1 heterocycles. The quantitative estimate of drug-likeness (QED) is 0.880. The number of benzene rings is 1.